The maximum Gasteiger partial charge on any atom is 0.319 e. The van der Waals surface area contributed by atoms with Crippen LogP contribution in [0.15, 0.2) is 24.4 Å². The second-order valence-corrected chi connectivity index (χ2v) is 7.90. The predicted octanol–water partition coefficient (Wildman–Crippen LogP) is 2.46. The van der Waals surface area contributed by atoms with Crippen LogP contribution in [-0.2, 0) is 0 Å². The van der Waals surface area contributed by atoms with Crippen molar-refractivity contribution in [1.82, 2.24) is 20.2 Å². The first-order chi connectivity index (χ1) is 14.9. The van der Waals surface area contributed by atoms with Crippen LogP contribution in [0.4, 0.5) is 33.6 Å². The number of hydrogen-bond donors (Lipinski definition) is 4. The number of anilines is 5. The van der Waals surface area contributed by atoms with Crippen LogP contribution in [0.25, 0.3) is 0 Å². The Kier molecular flexibility index (Phi) is 5.90. The van der Waals surface area contributed by atoms with Gasteiger partial charge in [0.2, 0.25) is 5.95 Å². The molecular formula is C21H28N8O2. The van der Waals surface area contributed by atoms with Crippen LogP contribution in [0.3, 0.4) is 0 Å². The smallest absolute Gasteiger partial charge is 0.319 e. The molecule has 1 aromatic carbocycles. The summed E-state index contributed by atoms with van der Waals surface area (Å²) in [5.74, 6) is 0.752. The summed E-state index contributed by atoms with van der Waals surface area (Å²) in [7, 11) is 4.13. The summed E-state index contributed by atoms with van der Waals surface area (Å²) in [6.45, 7) is 4.45. The van der Waals surface area contributed by atoms with Crippen molar-refractivity contribution >= 4 is 40.8 Å². The average molecular weight is 425 g/mol. The molecule has 1 fully saturated rings. The number of benzene rings is 1. The maximum atomic E-state index is 12.8. The van der Waals surface area contributed by atoms with Crippen molar-refractivity contribution in [3.05, 3.63) is 30.0 Å². The van der Waals surface area contributed by atoms with Gasteiger partial charge in [-0.15, -0.1) is 0 Å². The van der Waals surface area contributed by atoms with Crippen molar-refractivity contribution in [3.8, 4) is 0 Å². The second-order valence-electron chi connectivity index (χ2n) is 7.90. The highest BCUT2D eigenvalue weighted by Crippen LogP contribution is 2.33. The Morgan fingerprint density at radius 3 is 2.77 bits per heavy atom. The average Bonchev–Trinajstić information content (AvgIpc) is 2.89. The normalized spacial score (nSPS) is 16.3. The van der Waals surface area contributed by atoms with E-state index in [1.807, 2.05) is 14.0 Å². The quantitative estimate of drug-likeness (QED) is 0.596. The fourth-order valence-corrected chi connectivity index (χ4v) is 3.84. The summed E-state index contributed by atoms with van der Waals surface area (Å²) in [5, 5.41) is 11.5. The number of urea groups is 1. The lowest BCUT2D eigenvalue weighted by Crippen LogP contribution is -2.42. The summed E-state index contributed by atoms with van der Waals surface area (Å²) in [6.07, 6.45) is 3.66. The van der Waals surface area contributed by atoms with Crippen LogP contribution in [0.2, 0.25) is 0 Å². The molecule has 0 unspecified atom stereocenters. The van der Waals surface area contributed by atoms with E-state index in [4.69, 9.17) is 0 Å². The van der Waals surface area contributed by atoms with Gasteiger partial charge < -0.3 is 31.1 Å². The molecule has 1 saturated heterocycles. The fourth-order valence-electron chi connectivity index (χ4n) is 3.84. The Labute approximate surface area is 181 Å². The molecular weight excluding hydrogens is 396 g/mol. The molecule has 4 N–H and O–H groups in total. The van der Waals surface area contributed by atoms with E-state index >= 15 is 0 Å². The molecule has 0 bridgehead atoms. The van der Waals surface area contributed by atoms with Crippen molar-refractivity contribution in [2.75, 3.05) is 54.6 Å². The van der Waals surface area contributed by atoms with Gasteiger partial charge in [-0.3, -0.25) is 4.79 Å². The highest BCUT2D eigenvalue weighted by atomic mass is 16.2. The molecule has 0 saturated carbocycles. The minimum atomic E-state index is -0.301. The molecule has 0 radical (unpaired) electrons. The number of likely N-dealkylation sites (tertiary alicyclic amines) is 1. The molecule has 3 amide bonds. The van der Waals surface area contributed by atoms with E-state index in [1.54, 1.807) is 24.4 Å². The van der Waals surface area contributed by atoms with E-state index in [-0.39, 0.29) is 11.9 Å². The molecule has 2 aromatic rings. The number of nitrogens with zero attached hydrogens (tertiary/aromatic N) is 4. The van der Waals surface area contributed by atoms with Gasteiger partial charge in [0.1, 0.15) is 11.4 Å². The predicted molar refractivity (Wildman–Crippen MR) is 121 cm³/mol. The van der Waals surface area contributed by atoms with Crippen LogP contribution in [-0.4, -0.2) is 66.6 Å². The first-order valence-corrected chi connectivity index (χ1v) is 10.5. The van der Waals surface area contributed by atoms with Gasteiger partial charge in [-0.2, -0.15) is 4.98 Å². The van der Waals surface area contributed by atoms with E-state index in [2.05, 4.69) is 48.1 Å². The fraction of sp³-hybridized carbons (Fsp3) is 0.429. The Hall–Kier alpha value is -3.40. The monoisotopic (exact) mass is 424 g/mol. The van der Waals surface area contributed by atoms with E-state index in [0.717, 1.165) is 25.9 Å². The number of carbonyl (C=O) groups excluding carboxylic acids is 2. The van der Waals surface area contributed by atoms with E-state index in [0.29, 0.717) is 47.0 Å². The van der Waals surface area contributed by atoms with E-state index in [9.17, 15) is 9.59 Å². The number of nitrogens with one attached hydrogen (secondary N) is 4. The van der Waals surface area contributed by atoms with Gasteiger partial charge in [-0.05, 0) is 58.1 Å². The first-order valence-electron chi connectivity index (χ1n) is 10.5. The largest absolute Gasteiger partial charge is 0.341 e. The lowest BCUT2D eigenvalue weighted by Gasteiger charge is -2.35. The van der Waals surface area contributed by atoms with Crippen LogP contribution < -0.4 is 26.2 Å². The molecule has 164 valence electrons. The molecule has 3 heterocycles. The maximum absolute atomic E-state index is 12.8. The van der Waals surface area contributed by atoms with Crippen molar-refractivity contribution in [3.63, 3.8) is 0 Å². The Bertz CT molecular complexity index is 987. The molecule has 2 aliphatic rings. The Morgan fingerprint density at radius 1 is 1.26 bits per heavy atom. The standard InChI is InChI=1S/C21H28N8O2/c1-4-22-21(31)24-13-5-6-16-17(11-13)26-19(30)15-12-23-20(27-18(15)25-16)29(3)14-7-9-28(2)10-8-14/h5-6,11-12,14H,4,7-10H2,1-3H3,(H,26,30)(H2,22,24,31)(H,23,25,27). The summed E-state index contributed by atoms with van der Waals surface area (Å²) < 4.78 is 0. The van der Waals surface area contributed by atoms with Gasteiger partial charge in [-0.25, -0.2) is 9.78 Å². The lowest BCUT2D eigenvalue weighted by atomic mass is 10.0. The van der Waals surface area contributed by atoms with Crippen LogP contribution in [0.1, 0.15) is 30.1 Å². The summed E-state index contributed by atoms with van der Waals surface area (Å²) in [4.78, 5) is 38.1. The van der Waals surface area contributed by atoms with Gasteiger partial charge in [0.05, 0.1) is 11.4 Å². The number of piperidine rings is 1. The minimum Gasteiger partial charge on any atom is -0.341 e. The van der Waals surface area contributed by atoms with Crippen LogP contribution in [0, 0.1) is 0 Å². The summed E-state index contributed by atoms with van der Waals surface area (Å²) in [5.41, 5.74) is 2.20. The van der Waals surface area contributed by atoms with Gasteiger partial charge in [-0.1, -0.05) is 0 Å². The molecule has 0 aliphatic carbocycles. The van der Waals surface area contributed by atoms with Gasteiger partial charge in [0.25, 0.3) is 5.91 Å². The third kappa shape index (κ3) is 4.53. The third-order valence-electron chi connectivity index (χ3n) is 5.69. The summed E-state index contributed by atoms with van der Waals surface area (Å²) >= 11 is 0. The number of rotatable bonds is 4. The van der Waals surface area contributed by atoms with Gasteiger partial charge >= 0.3 is 6.03 Å². The molecule has 2 aliphatic heterocycles. The Morgan fingerprint density at radius 2 is 2.03 bits per heavy atom. The highest BCUT2D eigenvalue weighted by molar-refractivity contribution is 6.11. The van der Waals surface area contributed by atoms with E-state index in [1.165, 1.54) is 0 Å². The van der Waals surface area contributed by atoms with Crippen molar-refractivity contribution in [1.29, 1.82) is 0 Å². The Balaban J connectivity index is 1.56. The number of fused-ring (bicyclic) bond motifs is 2. The van der Waals surface area contributed by atoms with Crippen LogP contribution in [0.5, 0.6) is 0 Å². The minimum absolute atomic E-state index is 0.300. The molecule has 31 heavy (non-hydrogen) atoms. The topological polar surface area (TPSA) is 115 Å². The second kappa shape index (κ2) is 8.76. The molecule has 1 aromatic heterocycles. The number of amides is 3. The molecule has 0 spiro atoms. The zero-order valence-corrected chi connectivity index (χ0v) is 18.0. The number of aromatic nitrogens is 2. The number of hydrogen-bond acceptors (Lipinski definition) is 7. The van der Waals surface area contributed by atoms with Gasteiger partial charge in [0, 0.05) is 31.5 Å². The molecule has 10 nitrogen and oxygen atoms in total. The van der Waals surface area contributed by atoms with Crippen molar-refractivity contribution in [2.45, 2.75) is 25.8 Å². The van der Waals surface area contributed by atoms with Crippen molar-refractivity contribution in [2.24, 2.45) is 0 Å². The highest BCUT2D eigenvalue weighted by Gasteiger charge is 2.26. The van der Waals surface area contributed by atoms with Crippen molar-refractivity contribution < 1.29 is 9.59 Å². The SMILES string of the molecule is CCNC(=O)Nc1ccc2c(c1)NC(=O)c1cnc(N(C)C3CCN(C)CC3)nc1N2. The first kappa shape index (κ1) is 20.9. The van der Waals surface area contributed by atoms with Gasteiger partial charge in [0.15, 0.2) is 0 Å². The zero-order valence-electron chi connectivity index (χ0n) is 18.0. The van der Waals surface area contributed by atoms with E-state index < -0.39 is 0 Å². The molecule has 10 heteroatoms. The van der Waals surface area contributed by atoms with Crippen LogP contribution >= 0.6 is 0 Å². The summed E-state index contributed by atoms with van der Waals surface area (Å²) in [6, 6.07) is 5.34. The zero-order chi connectivity index (χ0) is 22.0. The molecule has 0 atom stereocenters. The number of carbonyl (C=O) groups is 2. The molecule has 4 rings (SSSR count). The third-order valence-corrected chi connectivity index (χ3v) is 5.69. The lowest BCUT2D eigenvalue weighted by molar-refractivity contribution is 0.102.